The molecule has 0 radical (unpaired) electrons. The number of hydrogen-bond acceptors (Lipinski definition) is 5. The van der Waals surface area contributed by atoms with Crippen LogP contribution in [0.1, 0.15) is 19.8 Å². The van der Waals surface area contributed by atoms with Crippen LogP contribution in [0.25, 0.3) is 0 Å². The Hall–Kier alpha value is -0.180. The Kier molecular flexibility index (Phi) is 4.94. The number of hydrogen-bond donors (Lipinski definition) is 1. The first-order chi connectivity index (χ1) is 7.74. The molecule has 1 atom stereocenters. The second-order valence-corrected chi connectivity index (χ2v) is 8.88. The van der Waals surface area contributed by atoms with Crippen molar-refractivity contribution in [2.75, 3.05) is 31.0 Å². The zero-order valence-corrected chi connectivity index (χ0v) is 11.8. The van der Waals surface area contributed by atoms with Crippen molar-refractivity contribution >= 4 is 19.9 Å². The molecule has 0 amide bonds. The van der Waals surface area contributed by atoms with Crippen LogP contribution in [0.15, 0.2) is 0 Å². The zero-order valence-electron chi connectivity index (χ0n) is 10.2. The molecule has 6 nitrogen and oxygen atoms in total. The van der Waals surface area contributed by atoms with E-state index >= 15 is 0 Å². The highest BCUT2D eigenvalue weighted by Crippen LogP contribution is 2.15. The Labute approximate surface area is 103 Å². The van der Waals surface area contributed by atoms with Gasteiger partial charge < -0.3 is 5.32 Å². The molecule has 0 aromatic rings. The molecular formula is C9H20N2O4S2. The summed E-state index contributed by atoms with van der Waals surface area (Å²) in [6.45, 7) is 3.53. The number of piperidine rings is 1. The molecular weight excluding hydrogens is 264 g/mol. The van der Waals surface area contributed by atoms with Crippen molar-refractivity contribution in [1.82, 2.24) is 9.62 Å². The maximum absolute atomic E-state index is 11.9. The van der Waals surface area contributed by atoms with Gasteiger partial charge in [0.1, 0.15) is 0 Å². The zero-order chi connectivity index (χ0) is 13.1. The van der Waals surface area contributed by atoms with Crippen LogP contribution in [-0.4, -0.2) is 58.2 Å². The Bertz CT molecular complexity index is 442. The summed E-state index contributed by atoms with van der Waals surface area (Å²) < 4.78 is 47.2. The van der Waals surface area contributed by atoms with E-state index in [0.717, 1.165) is 25.6 Å². The van der Waals surface area contributed by atoms with Crippen molar-refractivity contribution in [3.05, 3.63) is 0 Å². The number of sulfone groups is 1. The van der Waals surface area contributed by atoms with Crippen molar-refractivity contribution in [2.45, 2.75) is 25.8 Å². The lowest BCUT2D eigenvalue weighted by Crippen LogP contribution is -2.49. The maximum Gasteiger partial charge on any atom is 0.228 e. The third-order valence-electron chi connectivity index (χ3n) is 2.63. The minimum Gasteiger partial charge on any atom is -0.313 e. The van der Waals surface area contributed by atoms with Crippen molar-refractivity contribution in [3.63, 3.8) is 0 Å². The number of rotatable bonds is 5. The first-order valence-electron chi connectivity index (χ1n) is 5.63. The summed E-state index contributed by atoms with van der Waals surface area (Å²) in [4.78, 5) is 0. The molecule has 0 aliphatic carbocycles. The summed E-state index contributed by atoms with van der Waals surface area (Å²) in [7, 11) is -7.20. The standard InChI is InChI=1S/C9H20N2O4S2/c1-3-10-9-5-4-6-11(7-9)17(14,15)8-16(2,12)13/h9-10H,3-8H2,1-2H3. The minimum absolute atomic E-state index is 0.128. The molecule has 0 bridgehead atoms. The predicted octanol–water partition coefficient (Wildman–Crippen LogP) is -0.608. The molecule has 1 heterocycles. The second-order valence-electron chi connectivity index (χ2n) is 4.41. The molecule has 0 spiro atoms. The van der Waals surface area contributed by atoms with Crippen LogP contribution in [0.3, 0.4) is 0 Å². The average molecular weight is 284 g/mol. The Morgan fingerprint density at radius 1 is 1.29 bits per heavy atom. The number of nitrogens with one attached hydrogen (secondary N) is 1. The fraction of sp³-hybridized carbons (Fsp3) is 1.00. The van der Waals surface area contributed by atoms with Gasteiger partial charge in [0.25, 0.3) is 0 Å². The van der Waals surface area contributed by atoms with Gasteiger partial charge in [0, 0.05) is 25.4 Å². The predicted molar refractivity (Wildman–Crippen MR) is 66.9 cm³/mol. The fourth-order valence-electron chi connectivity index (χ4n) is 2.00. The fourth-order valence-corrected chi connectivity index (χ4v) is 5.57. The van der Waals surface area contributed by atoms with Crippen LogP contribution in [0.4, 0.5) is 0 Å². The lowest BCUT2D eigenvalue weighted by Gasteiger charge is -2.32. The van der Waals surface area contributed by atoms with Gasteiger partial charge in [-0.15, -0.1) is 0 Å². The third kappa shape index (κ3) is 4.90. The molecule has 1 aliphatic heterocycles. The van der Waals surface area contributed by atoms with Gasteiger partial charge in [-0.2, -0.15) is 4.31 Å². The normalized spacial score (nSPS) is 23.8. The highest BCUT2D eigenvalue weighted by molar-refractivity contribution is 8.06. The van der Waals surface area contributed by atoms with Gasteiger partial charge in [0.2, 0.25) is 10.0 Å². The van der Waals surface area contributed by atoms with Gasteiger partial charge in [-0.05, 0) is 19.4 Å². The molecule has 17 heavy (non-hydrogen) atoms. The van der Waals surface area contributed by atoms with Gasteiger partial charge in [-0.1, -0.05) is 6.92 Å². The van der Waals surface area contributed by atoms with Gasteiger partial charge in [0.15, 0.2) is 14.9 Å². The largest absolute Gasteiger partial charge is 0.313 e. The van der Waals surface area contributed by atoms with Crippen LogP contribution in [0.2, 0.25) is 0 Å². The minimum atomic E-state index is -3.69. The average Bonchev–Trinajstić information content (AvgIpc) is 2.15. The quantitative estimate of drug-likeness (QED) is 0.728. The van der Waals surface area contributed by atoms with E-state index in [-0.39, 0.29) is 6.04 Å². The number of likely N-dealkylation sites (N-methyl/N-ethyl adjacent to an activating group) is 1. The molecule has 0 saturated carbocycles. The van der Waals surface area contributed by atoms with E-state index in [1.807, 2.05) is 6.92 Å². The maximum atomic E-state index is 11.9. The molecule has 1 fully saturated rings. The first-order valence-corrected chi connectivity index (χ1v) is 9.30. The molecule has 1 rings (SSSR count). The monoisotopic (exact) mass is 284 g/mol. The molecule has 1 unspecified atom stereocenters. The first kappa shape index (κ1) is 14.9. The summed E-state index contributed by atoms with van der Waals surface area (Å²) in [5.74, 6) is 0. The smallest absolute Gasteiger partial charge is 0.228 e. The molecule has 1 aliphatic rings. The molecule has 0 aromatic carbocycles. The van der Waals surface area contributed by atoms with Crippen molar-refractivity contribution < 1.29 is 16.8 Å². The number of nitrogens with zero attached hydrogens (tertiary/aromatic N) is 1. The van der Waals surface area contributed by atoms with E-state index in [0.29, 0.717) is 13.1 Å². The summed E-state index contributed by atoms with van der Waals surface area (Å²) in [5.41, 5.74) is 0. The molecule has 0 aromatic heterocycles. The van der Waals surface area contributed by atoms with Crippen LogP contribution >= 0.6 is 0 Å². The Morgan fingerprint density at radius 3 is 2.47 bits per heavy atom. The van der Waals surface area contributed by atoms with E-state index in [1.54, 1.807) is 0 Å². The van der Waals surface area contributed by atoms with E-state index in [2.05, 4.69) is 5.32 Å². The third-order valence-corrected chi connectivity index (χ3v) is 6.66. The van der Waals surface area contributed by atoms with Gasteiger partial charge in [-0.25, -0.2) is 16.8 Å². The molecule has 1 N–H and O–H groups in total. The summed E-state index contributed by atoms with van der Waals surface area (Å²) in [5, 5.41) is 2.40. The van der Waals surface area contributed by atoms with E-state index < -0.39 is 24.9 Å². The van der Waals surface area contributed by atoms with Crippen LogP contribution in [0.5, 0.6) is 0 Å². The lowest BCUT2D eigenvalue weighted by atomic mass is 10.1. The highest BCUT2D eigenvalue weighted by Gasteiger charge is 2.30. The second kappa shape index (κ2) is 5.64. The highest BCUT2D eigenvalue weighted by atomic mass is 32.3. The SMILES string of the molecule is CCNC1CCCN(S(=O)(=O)CS(C)(=O)=O)C1. The molecule has 1 saturated heterocycles. The van der Waals surface area contributed by atoms with Crippen molar-refractivity contribution in [3.8, 4) is 0 Å². The summed E-state index contributed by atoms with van der Waals surface area (Å²) in [6.07, 6.45) is 2.63. The summed E-state index contributed by atoms with van der Waals surface area (Å²) >= 11 is 0. The number of sulfonamides is 1. The molecule has 102 valence electrons. The Balaban J connectivity index is 2.72. The van der Waals surface area contributed by atoms with Crippen molar-refractivity contribution in [2.24, 2.45) is 0 Å². The Morgan fingerprint density at radius 2 is 1.94 bits per heavy atom. The van der Waals surface area contributed by atoms with Crippen LogP contribution in [-0.2, 0) is 19.9 Å². The summed E-state index contributed by atoms with van der Waals surface area (Å²) in [6, 6.07) is 0.128. The molecule has 8 heteroatoms. The van der Waals surface area contributed by atoms with Crippen LogP contribution < -0.4 is 5.32 Å². The van der Waals surface area contributed by atoms with E-state index in [9.17, 15) is 16.8 Å². The van der Waals surface area contributed by atoms with E-state index in [4.69, 9.17) is 0 Å². The topological polar surface area (TPSA) is 83.6 Å². The van der Waals surface area contributed by atoms with Gasteiger partial charge in [0.05, 0.1) is 0 Å². The lowest BCUT2D eigenvalue weighted by molar-refractivity contribution is 0.287. The van der Waals surface area contributed by atoms with Crippen molar-refractivity contribution in [1.29, 1.82) is 0 Å². The van der Waals surface area contributed by atoms with E-state index in [1.165, 1.54) is 4.31 Å². The van der Waals surface area contributed by atoms with Gasteiger partial charge >= 0.3 is 0 Å². The van der Waals surface area contributed by atoms with Gasteiger partial charge in [-0.3, -0.25) is 0 Å². The van der Waals surface area contributed by atoms with Crippen LogP contribution in [0, 0.1) is 0 Å².